The van der Waals surface area contributed by atoms with Gasteiger partial charge in [0, 0.05) is 38.9 Å². The topological polar surface area (TPSA) is 8.17 Å². The van der Waals surface area contributed by atoms with Gasteiger partial charge in [-0.3, -0.25) is 0 Å². The van der Waals surface area contributed by atoms with Crippen LogP contribution >= 0.6 is 0 Å². The number of rotatable bonds is 6. The Labute approximate surface area is 364 Å². The number of hydrogen-bond acceptors (Lipinski definition) is 1. The van der Waals surface area contributed by atoms with Crippen LogP contribution in [-0.4, -0.2) is 4.57 Å². The lowest BCUT2D eigenvalue weighted by molar-refractivity contribution is 0.660. The molecular weight excluding hydrogens is 749 g/mol. The van der Waals surface area contributed by atoms with Gasteiger partial charge < -0.3 is 9.47 Å². The maximum Gasteiger partial charge on any atom is 0.0716 e. The van der Waals surface area contributed by atoms with Crippen molar-refractivity contribution in [1.82, 2.24) is 4.57 Å². The highest BCUT2D eigenvalue weighted by atomic mass is 15.1. The van der Waals surface area contributed by atoms with Crippen molar-refractivity contribution in [3.8, 4) is 27.9 Å². The monoisotopic (exact) mass is 794 g/mol. The fourth-order valence-electron chi connectivity index (χ4n) is 11.4. The van der Waals surface area contributed by atoms with Crippen molar-refractivity contribution in [2.45, 2.75) is 38.5 Å². The zero-order chi connectivity index (χ0) is 41.7. The van der Waals surface area contributed by atoms with Gasteiger partial charge >= 0.3 is 0 Å². The van der Waals surface area contributed by atoms with Crippen LogP contribution in [0.2, 0.25) is 0 Å². The number of aromatic nitrogens is 1. The molecule has 0 saturated heterocycles. The van der Waals surface area contributed by atoms with Crippen LogP contribution in [0.5, 0.6) is 0 Å². The molecule has 0 aliphatic heterocycles. The molecule has 2 nitrogen and oxygen atoms in total. The molecule has 0 fully saturated rings. The molecule has 1 heterocycles. The van der Waals surface area contributed by atoms with Gasteiger partial charge in [-0.05, 0) is 130 Å². The predicted octanol–water partition coefficient (Wildman–Crippen LogP) is 15.5. The van der Waals surface area contributed by atoms with E-state index in [2.05, 4.69) is 243 Å². The highest BCUT2D eigenvalue weighted by Crippen LogP contribution is 2.59. The molecule has 2 heteroatoms. The summed E-state index contributed by atoms with van der Waals surface area (Å²) in [6, 6.07) is 77.1. The van der Waals surface area contributed by atoms with E-state index in [1.807, 2.05) is 0 Å². The second-order valence-corrected chi connectivity index (χ2v) is 17.8. The molecule has 0 amide bonds. The van der Waals surface area contributed by atoms with E-state index < -0.39 is 5.41 Å². The third kappa shape index (κ3) is 5.10. The van der Waals surface area contributed by atoms with Gasteiger partial charge in [-0.1, -0.05) is 171 Å². The standard InChI is InChI=1S/C60H46N2/c1-39-34-40(2)58-52(35-39)51-36-44(30-33-54(51)60(58,41-18-8-5-9-19-41)42-20-10-6-11-21-42)61(45-28-31-48-47-24-14-16-26-53(47)59(3,4)55(48)37-45)46-29-32-50-49-25-15-17-27-56(49)62(57(50)38-46)43-22-12-7-13-23-43/h5-38H,1-4H3. The lowest BCUT2D eigenvalue weighted by atomic mass is 9.66. The van der Waals surface area contributed by atoms with E-state index in [0.717, 1.165) is 22.7 Å². The number of benzene rings is 9. The van der Waals surface area contributed by atoms with Crippen LogP contribution in [0, 0.1) is 13.8 Å². The van der Waals surface area contributed by atoms with Crippen LogP contribution in [0.25, 0.3) is 49.7 Å². The Hall–Kier alpha value is -7.42. The van der Waals surface area contributed by atoms with E-state index in [-0.39, 0.29) is 5.41 Å². The summed E-state index contributed by atoms with van der Waals surface area (Å²) < 4.78 is 2.42. The molecule has 10 aromatic rings. The van der Waals surface area contributed by atoms with Crippen molar-refractivity contribution in [3.05, 3.63) is 251 Å². The number of fused-ring (bicyclic) bond motifs is 9. The van der Waals surface area contributed by atoms with Crippen molar-refractivity contribution in [1.29, 1.82) is 0 Å². The number of hydrogen-bond donors (Lipinski definition) is 0. The lowest BCUT2D eigenvalue weighted by Crippen LogP contribution is -2.29. The highest BCUT2D eigenvalue weighted by molar-refractivity contribution is 6.10. The van der Waals surface area contributed by atoms with E-state index in [4.69, 9.17) is 0 Å². The van der Waals surface area contributed by atoms with Crippen LogP contribution in [0.4, 0.5) is 17.1 Å². The van der Waals surface area contributed by atoms with Gasteiger partial charge in [0.25, 0.3) is 0 Å². The van der Waals surface area contributed by atoms with Gasteiger partial charge in [0.15, 0.2) is 0 Å². The maximum absolute atomic E-state index is 2.50. The SMILES string of the molecule is Cc1cc(C)c2c(c1)-c1cc(N(c3ccc4c(c3)C(C)(C)c3ccccc3-4)c3ccc4c5ccccc5n(-c5ccccc5)c4c3)ccc1C2(c1ccccc1)c1ccccc1. The largest absolute Gasteiger partial charge is 0.310 e. The molecule has 0 unspecified atom stereocenters. The molecule has 0 radical (unpaired) electrons. The van der Waals surface area contributed by atoms with E-state index in [0.29, 0.717) is 0 Å². The Morgan fingerprint density at radius 2 is 0.984 bits per heavy atom. The molecule has 9 aromatic carbocycles. The first-order chi connectivity index (χ1) is 30.3. The van der Waals surface area contributed by atoms with E-state index in [1.54, 1.807) is 0 Å². The third-order valence-electron chi connectivity index (χ3n) is 14.0. The molecular formula is C60H46N2. The van der Waals surface area contributed by atoms with Crippen LogP contribution in [0.3, 0.4) is 0 Å². The zero-order valence-corrected chi connectivity index (χ0v) is 35.5. The first-order valence-electron chi connectivity index (χ1n) is 21.8. The van der Waals surface area contributed by atoms with Crippen LogP contribution in [0.15, 0.2) is 206 Å². The Kier molecular flexibility index (Phi) is 7.96. The summed E-state index contributed by atoms with van der Waals surface area (Å²) in [5.41, 5.74) is 22.1. The average Bonchev–Trinajstić information content (AvgIpc) is 3.88. The van der Waals surface area contributed by atoms with Gasteiger partial charge in [-0.25, -0.2) is 0 Å². The van der Waals surface area contributed by atoms with Crippen LogP contribution in [-0.2, 0) is 10.8 Å². The molecule has 2 aliphatic rings. The maximum atomic E-state index is 2.50. The Balaban J connectivity index is 1.14. The molecule has 0 bridgehead atoms. The van der Waals surface area contributed by atoms with E-state index >= 15 is 0 Å². The molecule has 0 N–H and O–H groups in total. The first kappa shape index (κ1) is 36.4. The van der Waals surface area contributed by atoms with Gasteiger partial charge in [-0.15, -0.1) is 0 Å². The van der Waals surface area contributed by atoms with Gasteiger partial charge in [0.05, 0.1) is 16.4 Å². The van der Waals surface area contributed by atoms with Crippen molar-refractivity contribution < 1.29 is 0 Å². The summed E-state index contributed by atoms with van der Waals surface area (Å²) in [4.78, 5) is 2.50. The second-order valence-electron chi connectivity index (χ2n) is 17.8. The third-order valence-corrected chi connectivity index (χ3v) is 14.0. The van der Waals surface area contributed by atoms with Gasteiger partial charge in [0.2, 0.25) is 0 Å². The number of anilines is 3. The molecule has 12 rings (SSSR count). The minimum atomic E-state index is -0.479. The summed E-state index contributed by atoms with van der Waals surface area (Å²) in [6.07, 6.45) is 0. The molecule has 0 spiro atoms. The van der Waals surface area contributed by atoms with Gasteiger partial charge in [-0.2, -0.15) is 0 Å². The first-order valence-corrected chi connectivity index (χ1v) is 21.8. The zero-order valence-electron chi connectivity index (χ0n) is 35.5. The Morgan fingerprint density at radius 3 is 1.74 bits per heavy atom. The number of para-hydroxylation sites is 2. The van der Waals surface area contributed by atoms with Crippen molar-refractivity contribution in [2.75, 3.05) is 4.90 Å². The minimum absolute atomic E-state index is 0.145. The van der Waals surface area contributed by atoms with Crippen molar-refractivity contribution >= 4 is 38.9 Å². The second kappa shape index (κ2) is 13.5. The molecule has 296 valence electrons. The molecule has 1 aromatic heterocycles. The average molecular weight is 795 g/mol. The molecule has 0 saturated carbocycles. The summed E-state index contributed by atoms with van der Waals surface area (Å²) in [5, 5.41) is 2.49. The fraction of sp³-hybridized carbons (Fsp3) is 0.100. The summed E-state index contributed by atoms with van der Waals surface area (Å²) in [6.45, 7) is 9.29. The van der Waals surface area contributed by atoms with E-state index in [9.17, 15) is 0 Å². The molecule has 0 atom stereocenters. The summed E-state index contributed by atoms with van der Waals surface area (Å²) in [5.74, 6) is 0. The van der Waals surface area contributed by atoms with Crippen molar-refractivity contribution in [3.63, 3.8) is 0 Å². The van der Waals surface area contributed by atoms with E-state index in [1.165, 1.54) is 88.6 Å². The van der Waals surface area contributed by atoms with Crippen LogP contribution < -0.4 is 4.90 Å². The number of nitrogens with zero attached hydrogens (tertiary/aromatic N) is 2. The summed E-state index contributed by atoms with van der Waals surface area (Å²) >= 11 is 0. The van der Waals surface area contributed by atoms with Crippen LogP contribution in [0.1, 0.15) is 58.4 Å². The predicted molar refractivity (Wildman–Crippen MR) is 260 cm³/mol. The molecule has 2 aliphatic carbocycles. The normalized spacial score (nSPS) is 14.1. The fourth-order valence-corrected chi connectivity index (χ4v) is 11.4. The highest BCUT2D eigenvalue weighted by Gasteiger charge is 2.47. The Bertz CT molecular complexity index is 3350. The lowest BCUT2D eigenvalue weighted by Gasteiger charge is -2.35. The van der Waals surface area contributed by atoms with Gasteiger partial charge in [0.1, 0.15) is 0 Å². The van der Waals surface area contributed by atoms with Crippen molar-refractivity contribution in [2.24, 2.45) is 0 Å². The Morgan fingerprint density at radius 1 is 0.403 bits per heavy atom. The quantitative estimate of drug-likeness (QED) is 0.163. The summed E-state index contributed by atoms with van der Waals surface area (Å²) in [7, 11) is 0. The number of aryl methyl sites for hydroxylation is 2. The molecule has 62 heavy (non-hydrogen) atoms. The minimum Gasteiger partial charge on any atom is -0.310 e. The smallest absolute Gasteiger partial charge is 0.0716 e.